The lowest BCUT2D eigenvalue weighted by molar-refractivity contribution is -0.0771. The van der Waals surface area contributed by atoms with Crippen LogP contribution in [0, 0.1) is 11.3 Å². The van der Waals surface area contributed by atoms with Crippen molar-refractivity contribution < 1.29 is 47.9 Å². The summed E-state index contributed by atoms with van der Waals surface area (Å²) < 4.78 is 32.6. The van der Waals surface area contributed by atoms with Crippen molar-refractivity contribution in [2.75, 3.05) is 11.9 Å². The molecule has 1 fully saturated rings. The number of carbonyl (C=O) groups excluding carboxylic acids is 3. The van der Waals surface area contributed by atoms with Gasteiger partial charge in [0.2, 0.25) is 5.60 Å². The predicted molar refractivity (Wildman–Crippen MR) is 130 cm³/mol. The van der Waals surface area contributed by atoms with Gasteiger partial charge in [0.1, 0.15) is 36.7 Å². The molecule has 2 aromatic rings. The Kier molecular flexibility index (Phi) is 9.15. The minimum Gasteiger partial charge on any atom is -0.447 e. The number of aliphatic hydroxyl groups is 1. The van der Waals surface area contributed by atoms with Crippen LogP contribution in [-0.4, -0.2) is 81.3 Å². The lowest BCUT2D eigenvalue weighted by atomic mass is 9.92. The zero-order chi connectivity index (χ0) is 28.9. The van der Waals surface area contributed by atoms with Gasteiger partial charge in [-0.3, -0.25) is 5.32 Å². The van der Waals surface area contributed by atoms with Gasteiger partial charge in [0, 0.05) is 0 Å². The molecule has 0 saturated carbocycles. The molecule has 0 unspecified atom stereocenters. The molecule has 39 heavy (non-hydrogen) atoms. The summed E-state index contributed by atoms with van der Waals surface area (Å²) >= 11 is 0. The van der Waals surface area contributed by atoms with Crippen molar-refractivity contribution in [1.29, 1.82) is 5.26 Å². The molecule has 0 aromatic carbocycles. The molecule has 0 radical (unpaired) electrons. The van der Waals surface area contributed by atoms with Crippen molar-refractivity contribution >= 4 is 29.7 Å². The Hall–Kier alpha value is -4.16. The number of rotatable bonds is 8. The first kappa shape index (κ1) is 29.4. The Bertz CT molecular complexity index is 1240. The van der Waals surface area contributed by atoms with Crippen LogP contribution < -0.4 is 5.32 Å². The number of fused-ring (bicyclic) bond motifs is 1. The van der Waals surface area contributed by atoms with Gasteiger partial charge < -0.3 is 33.5 Å². The number of ether oxygens (including phenoxy) is 6. The third-order valence-electron chi connectivity index (χ3n) is 5.25. The molecule has 2 aromatic heterocycles. The van der Waals surface area contributed by atoms with Crippen molar-refractivity contribution in [3.8, 4) is 6.07 Å². The number of aromatic nitrogens is 3. The summed E-state index contributed by atoms with van der Waals surface area (Å²) in [6.45, 7) is 9.27. The maximum Gasteiger partial charge on any atom is 0.508 e. The highest BCUT2D eigenvalue weighted by Crippen LogP contribution is 2.42. The third kappa shape index (κ3) is 6.65. The van der Waals surface area contributed by atoms with Gasteiger partial charge >= 0.3 is 18.4 Å². The molecule has 4 atom stereocenters. The molecule has 0 aliphatic carbocycles. The van der Waals surface area contributed by atoms with E-state index in [9.17, 15) is 24.8 Å². The maximum absolute atomic E-state index is 12.3. The second-order valence-electron chi connectivity index (χ2n) is 9.38. The highest BCUT2D eigenvalue weighted by molar-refractivity contribution is 5.88. The number of anilines is 1. The van der Waals surface area contributed by atoms with Crippen LogP contribution in [0.4, 0.5) is 20.2 Å². The SMILES string of the molecule is CC(C)OC(=O)Nc1ncnn2c([C@]3(C#N)O[C@H](COC(=O)OC(C)C)[C@@H](OC(=O)OC(C)C)[C@H]3O)ccc12. The van der Waals surface area contributed by atoms with Gasteiger partial charge in [-0.25, -0.2) is 23.9 Å². The summed E-state index contributed by atoms with van der Waals surface area (Å²) in [5.74, 6) is 0.0621. The van der Waals surface area contributed by atoms with Gasteiger partial charge in [-0.05, 0) is 53.7 Å². The standard InChI is InChI=1S/C24H31N5O10/c1-12(2)35-21(31)28-20-15-7-8-17(29(15)27-11-26-20)24(10-25)19(30)18(38-23(33)37-14(5)6)16(39-24)9-34-22(32)36-13(3)4/h7-8,11-14,16,18-19,30H,9H2,1-6H3,(H,26,27,28,31)/t16-,18-,19-,24+/m1/s1. The molecule has 1 aliphatic heterocycles. The Morgan fingerprint density at radius 3 is 2.36 bits per heavy atom. The number of nitrogens with one attached hydrogen (secondary N) is 1. The Balaban J connectivity index is 1.97. The summed E-state index contributed by atoms with van der Waals surface area (Å²) in [7, 11) is 0. The van der Waals surface area contributed by atoms with E-state index in [2.05, 4.69) is 15.4 Å². The summed E-state index contributed by atoms with van der Waals surface area (Å²) in [5.41, 5.74) is -1.89. The van der Waals surface area contributed by atoms with E-state index in [-0.39, 0.29) is 23.1 Å². The number of aliphatic hydroxyl groups excluding tert-OH is 1. The number of amides is 1. The van der Waals surface area contributed by atoms with Gasteiger partial charge in [-0.2, -0.15) is 10.4 Å². The lowest BCUT2D eigenvalue weighted by Crippen LogP contribution is -2.43. The average Bonchev–Trinajstić information content (AvgIpc) is 3.37. The van der Waals surface area contributed by atoms with E-state index < -0.39 is 61.1 Å². The summed E-state index contributed by atoms with van der Waals surface area (Å²) in [4.78, 5) is 40.4. The second-order valence-corrected chi connectivity index (χ2v) is 9.38. The molecule has 1 aliphatic rings. The molecular weight excluding hydrogens is 518 g/mol. The summed E-state index contributed by atoms with van der Waals surface area (Å²) in [6, 6.07) is 4.85. The van der Waals surface area contributed by atoms with E-state index in [1.54, 1.807) is 41.5 Å². The monoisotopic (exact) mass is 549 g/mol. The van der Waals surface area contributed by atoms with Gasteiger partial charge in [0.15, 0.2) is 11.9 Å². The number of carbonyl (C=O) groups is 3. The molecule has 1 amide bonds. The van der Waals surface area contributed by atoms with Crippen molar-refractivity contribution in [2.24, 2.45) is 0 Å². The largest absolute Gasteiger partial charge is 0.508 e. The van der Waals surface area contributed by atoms with E-state index >= 15 is 0 Å². The van der Waals surface area contributed by atoms with Crippen LogP contribution in [-0.2, 0) is 34.0 Å². The highest BCUT2D eigenvalue weighted by atomic mass is 16.8. The lowest BCUT2D eigenvalue weighted by Gasteiger charge is -2.24. The fourth-order valence-corrected chi connectivity index (χ4v) is 3.80. The van der Waals surface area contributed by atoms with Crippen LogP contribution in [0.1, 0.15) is 47.2 Å². The van der Waals surface area contributed by atoms with E-state index in [0.29, 0.717) is 0 Å². The smallest absolute Gasteiger partial charge is 0.447 e. The van der Waals surface area contributed by atoms with Gasteiger partial charge in [-0.15, -0.1) is 0 Å². The molecule has 15 heteroatoms. The molecule has 1 saturated heterocycles. The normalized spacial score (nSPS) is 22.5. The number of hydrogen-bond donors (Lipinski definition) is 2. The Labute approximate surface area is 223 Å². The minimum atomic E-state index is -2.16. The van der Waals surface area contributed by atoms with Crippen molar-refractivity contribution in [2.45, 2.75) is 83.8 Å². The highest BCUT2D eigenvalue weighted by Gasteiger charge is 2.60. The van der Waals surface area contributed by atoms with E-state index in [0.717, 1.165) is 6.33 Å². The fraction of sp³-hybridized carbons (Fsp3) is 0.583. The number of hydrogen-bond acceptors (Lipinski definition) is 13. The first-order valence-electron chi connectivity index (χ1n) is 12.2. The molecule has 3 rings (SSSR count). The first-order chi connectivity index (χ1) is 18.4. The molecule has 0 spiro atoms. The molecule has 212 valence electrons. The van der Waals surface area contributed by atoms with Gasteiger partial charge in [0.05, 0.1) is 24.0 Å². The Morgan fingerprint density at radius 2 is 1.74 bits per heavy atom. The Morgan fingerprint density at radius 1 is 1.10 bits per heavy atom. The number of nitrogens with zero attached hydrogens (tertiary/aromatic N) is 4. The predicted octanol–water partition coefficient (Wildman–Crippen LogP) is 2.66. The van der Waals surface area contributed by atoms with Crippen LogP contribution in [0.15, 0.2) is 18.5 Å². The van der Waals surface area contributed by atoms with Crippen molar-refractivity contribution in [3.05, 3.63) is 24.2 Å². The third-order valence-corrected chi connectivity index (χ3v) is 5.25. The molecule has 0 bridgehead atoms. The van der Waals surface area contributed by atoms with E-state index in [4.69, 9.17) is 28.4 Å². The summed E-state index contributed by atoms with van der Waals surface area (Å²) in [5, 5.41) is 28.2. The average molecular weight is 550 g/mol. The fourth-order valence-electron chi connectivity index (χ4n) is 3.80. The molecule has 15 nitrogen and oxygen atoms in total. The van der Waals surface area contributed by atoms with Crippen LogP contribution in [0.2, 0.25) is 0 Å². The molecule has 2 N–H and O–H groups in total. The zero-order valence-corrected chi connectivity index (χ0v) is 22.3. The van der Waals surface area contributed by atoms with Gasteiger partial charge in [0.25, 0.3) is 0 Å². The molecule has 3 heterocycles. The second kappa shape index (κ2) is 12.1. The molecular formula is C24H31N5O10. The van der Waals surface area contributed by atoms with E-state index in [1.807, 2.05) is 6.07 Å². The summed E-state index contributed by atoms with van der Waals surface area (Å²) in [6.07, 6.45) is -7.76. The van der Waals surface area contributed by atoms with Crippen molar-refractivity contribution in [1.82, 2.24) is 14.6 Å². The van der Waals surface area contributed by atoms with Crippen molar-refractivity contribution in [3.63, 3.8) is 0 Å². The van der Waals surface area contributed by atoms with Crippen LogP contribution in [0.25, 0.3) is 5.52 Å². The zero-order valence-electron chi connectivity index (χ0n) is 22.3. The van der Waals surface area contributed by atoms with E-state index in [1.165, 1.54) is 16.6 Å². The van der Waals surface area contributed by atoms with Gasteiger partial charge in [-0.1, -0.05) is 0 Å². The van der Waals surface area contributed by atoms with Crippen LogP contribution >= 0.6 is 0 Å². The minimum absolute atomic E-state index is 0.0215. The topological polar surface area (TPSA) is 193 Å². The maximum atomic E-state index is 12.3. The van der Waals surface area contributed by atoms with Crippen LogP contribution in [0.3, 0.4) is 0 Å². The first-order valence-corrected chi connectivity index (χ1v) is 12.2. The number of nitriles is 1. The van der Waals surface area contributed by atoms with Crippen LogP contribution in [0.5, 0.6) is 0 Å². The quantitative estimate of drug-likeness (QED) is 0.361.